The minimum absolute atomic E-state index is 0.406. The molecule has 8 heteroatoms. The molecule has 164 valence electrons. The van der Waals surface area contributed by atoms with E-state index < -0.39 is 5.60 Å². The number of hydrogen-bond donors (Lipinski definition) is 3. The second-order valence-electron chi connectivity index (χ2n) is 7.35. The molecule has 1 aliphatic rings. The number of guanidine groups is 1. The molecule has 29 heavy (non-hydrogen) atoms. The van der Waals surface area contributed by atoms with Crippen LogP contribution in [-0.4, -0.2) is 81.2 Å². The maximum Gasteiger partial charge on any atom is 0.191 e. The minimum Gasteiger partial charge on any atom is -0.493 e. The Labute approximate surface area is 174 Å². The number of hydrogen-bond acceptors (Lipinski definition) is 6. The van der Waals surface area contributed by atoms with Gasteiger partial charge in [-0.2, -0.15) is 0 Å². The van der Waals surface area contributed by atoms with Gasteiger partial charge in [-0.3, -0.25) is 4.90 Å². The zero-order chi connectivity index (χ0) is 21.1. The summed E-state index contributed by atoms with van der Waals surface area (Å²) in [5, 5.41) is 17.3. The van der Waals surface area contributed by atoms with E-state index in [2.05, 4.69) is 20.5 Å². The van der Waals surface area contributed by atoms with Gasteiger partial charge in [0.15, 0.2) is 17.5 Å². The van der Waals surface area contributed by atoms with E-state index in [1.54, 1.807) is 7.11 Å². The number of aliphatic hydroxyl groups is 1. The lowest BCUT2D eigenvalue weighted by Gasteiger charge is -2.34. The zero-order valence-electron chi connectivity index (χ0n) is 18.2. The van der Waals surface area contributed by atoms with Gasteiger partial charge in [0, 0.05) is 32.7 Å². The summed E-state index contributed by atoms with van der Waals surface area (Å²) in [5.41, 5.74) is 0.155. The third kappa shape index (κ3) is 8.08. The van der Waals surface area contributed by atoms with Crippen LogP contribution in [0.25, 0.3) is 0 Å². The molecule has 1 atom stereocenters. The lowest BCUT2D eigenvalue weighted by molar-refractivity contribution is -0.0201. The Balaban J connectivity index is 1.95. The number of nitrogens with one attached hydrogen (secondary N) is 2. The fourth-order valence-electron chi connectivity index (χ4n) is 3.17. The first kappa shape index (κ1) is 23.3. The molecule has 1 unspecified atom stereocenters. The summed E-state index contributed by atoms with van der Waals surface area (Å²) in [6.07, 6.45) is 0. The molecule has 2 rings (SSSR count). The molecular formula is C21H36N4O4. The molecule has 0 radical (unpaired) electrons. The van der Waals surface area contributed by atoms with Gasteiger partial charge in [0.1, 0.15) is 0 Å². The number of ether oxygens (including phenoxy) is 3. The van der Waals surface area contributed by atoms with Crippen LogP contribution >= 0.6 is 0 Å². The van der Waals surface area contributed by atoms with Gasteiger partial charge in [-0.1, -0.05) is 6.07 Å². The van der Waals surface area contributed by atoms with Crippen LogP contribution in [0, 0.1) is 0 Å². The second-order valence-corrected chi connectivity index (χ2v) is 7.35. The Bertz CT molecular complexity index is 646. The van der Waals surface area contributed by atoms with Crippen LogP contribution in [0.5, 0.6) is 11.5 Å². The van der Waals surface area contributed by atoms with Crippen molar-refractivity contribution in [3.05, 3.63) is 23.8 Å². The lowest BCUT2D eigenvalue weighted by atomic mass is 10.1. The molecular weight excluding hydrogens is 372 g/mol. The molecule has 0 aliphatic carbocycles. The van der Waals surface area contributed by atoms with Crippen molar-refractivity contribution >= 4 is 5.96 Å². The second kappa shape index (κ2) is 11.8. The van der Waals surface area contributed by atoms with Gasteiger partial charge in [-0.15, -0.1) is 0 Å². The Morgan fingerprint density at radius 1 is 1.24 bits per heavy atom. The van der Waals surface area contributed by atoms with Crippen molar-refractivity contribution in [3.8, 4) is 11.5 Å². The molecule has 8 nitrogen and oxygen atoms in total. The van der Waals surface area contributed by atoms with Gasteiger partial charge < -0.3 is 30.0 Å². The smallest absolute Gasteiger partial charge is 0.191 e. The summed E-state index contributed by atoms with van der Waals surface area (Å²) in [4.78, 5) is 6.87. The average molecular weight is 409 g/mol. The molecule has 0 aromatic heterocycles. The van der Waals surface area contributed by atoms with Crippen molar-refractivity contribution in [1.82, 2.24) is 15.5 Å². The Morgan fingerprint density at radius 2 is 2.00 bits per heavy atom. The third-order valence-electron chi connectivity index (χ3n) is 4.60. The third-order valence-corrected chi connectivity index (χ3v) is 4.60. The van der Waals surface area contributed by atoms with Gasteiger partial charge in [0.25, 0.3) is 0 Å². The lowest BCUT2D eigenvalue weighted by Crippen LogP contribution is -2.52. The first-order valence-corrected chi connectivity index (χ1v) is 10.3. The maximum atomic E-state index is 10.8. The minimum atomic E-state index is -0.865. The standard InChI is InChI=1S/C21H36N4O4/c1-5-22-20(24-15-21(3,26)16-25-9-11-28-12-10-25)23-14-17-7-8-18(27-4)19(13-17)29-6-2/h7-8,13,26H,5-6,9-12,14-16H2,1-4H3,(H2,22,23,24). The average Bonchev–Trinajstić information content (AvgIpc) is 2.71. The fourth-order valence-corrected chi connectivity index (χ4v) is 3.17. The zero-order valence-corrected chi connectivity index (χ0v) is 18.2. The summed E-state index contributed by atoms with van der Waals surface area (Å²) in [7, 11) is 1.63. The van der Waals surface area contributed by atoms with Crippen LogP contribution in [0.2, 0.25) is 0 Å². The number of β-amino-alcohol motifs (C(OH)–C–C–N with tert-alkyl or cyclic N) is 1. The van der Waals surface area contributed by atoms with Crippen LogP contribution in [0.15, 0.2) is 23.2 Å². The molecule has 1 aliphatic heterocycles. The van der Waals surface area contributed by atoms with Crippen LogP contribution in [0.4, 0.5) is 0 Å². The predicted molar refractivity (Wildman–Crippen MR) is 115 cm³/mol. The number of methoxy groups -OCH3 is 1. The first-order chi connectivity index (χ1) is 14.0. The van der Waals surface area contributed by atoms with Crippen molar-refractivity contribution in [2.45, 2.75) is 32.9 Å². The number of benzene rings is 1. The molecule has 0 bridgehead atoms. The summed E-state index contributed by atoms with van der Waals surface area (Å²) < 4.78 is 16.3. The highest BCUT2D eigenvalue weighted by Gasteiger charge is 2.25. The summed E-state index contributed by atoms with van der Waals surface area (Å²) in [6.45, 7) is 11.8. The van der Waals surface area contributed by atoms with Crippen LogP contribution in [0.1, 0.15) is 26.3 Å². The quantitative estimate of drug-likeness (QED) is 0.396. The topological polar surface area (TPSA) is 87.6 Å². The summed E-state index contributed by atoms with van der Waals surface area (Å²) >= 11 is 0. The van der Waals surface area contributed by atoms with E-state index in [9.17, 15) is 5.11 Å². The van der Waals surface area contributed by atoms with Crippen LogP contribution < -0.4 is 20.1 Å². The number of morpholine rings is 1. The highest BCUT2D eigenvalue weighted by Crippen LogP contribution is 2.28. The van der Waals surface area contributed by atoms with Crippen molar-refractivity contribution in [2.24, 2.45) is 4.99 Å². The SMILES string of the molecule is CCNC(=NCc1ccc(OC)c(OCC)c1)NCC(C)(O)CN1CCOCC1. The summed E-state index contributed by atoms with van der Waals surface area (Å²) in [6, 6.07) is 5.82. The molecule has 1 aromatic rings. The predicted octanol–water partition coefficient (Wildman–Crippen LogP) is 1.23. The number of aliphatic imine (C=N–C) groups is 1. The first-order valence-electron chi connectivity index (χ1n) is 10.3. The molecule has 1 aromatic carbocycles. The van der Waals surface area contributed by atoms with E-state index in [1.165, 1.54) is 0 Å². The van der Waals surface area contributed by atoms with Crippen LogP contribution in [-0.2, 0) is 11.3 Å². The Hall–Kier alpha value is -2.03. The normalized spacial score (nSPS) is 17.5. The largest absolute Gasteiger partial charge is 0.493 e. The van der Waals surface area contributed by atoms with Crippen molar-refractivity contribution in [1.29, 1.82) is 0 Å². The molecule has 0 amide bonds. The van der Waals surface area contributed by atoms with Crippen LogP contribution in [0.3, 0.4) is 0 Å². The molecule has 0 saturated carbocycles. The van der Waals surface area contributed by atoms with E-state index in [0.29, 0.717) is 43.7 Å². The molecule has 1 fully saturated rings. The van der Waals surface area contributed by atoms with Gasteiger partial charge in [0.05, 0.1) is 39.1 Å². The highest BCUT2D eigenvalue weighted by atomic mass is 16.5. The van der Waals surface area contributed by atoms with E-state index in [1.807, 2.05) is 39.0 Å². The van der Waals surface area contributed by atoms with E-state index >= 15 is 0 Å². The van der Waals surface area contributed by atoms with Crippen molar-refractivity contribution in [2.75, 3.05) is 59.7 Å². The van der Waals surface area contributed by atoms with Crippen molar-refractivity contribution in [3.63, 3.8) is 0 Å². The highest BCUT2D eigenvalue weighted by molar-refractivity contribution is 5.79. The molecule has 1 saturated heterocycles. The van der Waals surface area contributed by atoms with Gasteiger partial charge in [0.2, 0.25) is 0 Å². The maximum absolute atomic E-state index is 10.8. The summed E-state index contributed by atoms with van der Waals surface area (Å²) in [5.74, 6) is 2.10. The number of rotatable bonds is 10. The Morgan fingerprint density at radius 3 is 2.66 bits per heavy atom. The van der Waals surface area contributed by atoms with Gasteiger partial charge >= 0.3 is 0 Å². The van der Waals surface area contributed by atoms with E-state index in [-0.39, 0.29) is 0 Å². The van der Waals surface area contributed by atoms with Gasteiger partial charge in [-0.25, -0.2) is 4.99 Å². The molecule has 0 spiro atoms. The van der Waals surface area contributed by atoms with E-state index in [0.717, 1.165) is 38.4 Å². The Kier molecular flexibility index (Phi) is 9.50. The van der Waals surface area contributed by atoms with Gasteiger partial charge in [-0.05, 0) is 38.5 Å². The molecule has 1 heterocycles. The monoisotopic (exact) mass is 408 g/mol. The van der Waals surface area contributed by atoms with Crippen molar-refractivity contribution < 1.29 is 19.3 Å². The fraction of sp³-hybridized carbons (Fsp3) is 0.667. The molecule has 3 N–H and O–H groups in total. The number of nitrogens with zero attached hydrogens (tertiary/aromatic N) is 2. The van der Waals surface area contributed by atoms with E-state index in [4.69, 9.17) is 14.2 Å².